The van der Waals surface area contributed by atoms with Gasteiger partial charge in [-0.05, 0) is 42.5 Å². The second-order valence-electron chi connectivity index (χ2n) is 8.03. The Morgan fingerprint density at radius 2 is 1.75 bits per heavy atom. The lowest BCUT2D eigenvalue weighted by Crippen LogP contribution is -2.32. The van der Waals surface area contributed by atoms with Gasteiger partial charge in [0.2, 0.25) is 11.8 Å². The van der Waals surface area contributed by atoms with Crippen molar-refractivity contribution in [3.05, 3.63) is 72.1 Å². The van der Waals surface area contributed by atoms with Crippen molar-refractivity contribution in [1.82, 2.24) is 9.97 Å². The molecule has 0 N–H and O–H groups in total. The van der Waals surface area contributed by atoms with Crippen LogP contribution in [0.4, 0.5) is 10.8 Å². The Hall–Kier alpha value is -4.31. The van der Waals surface area contributed by atoms with E-state index in [0.717, 1.165) is 9.60 Å². The average molecular weight is 503 g/mol. The van der Waals surface area contributed by atoms with Crippen LogP contribution in [-0.2, 0) is 16.1 Å². The highest BCUT2D eigenvalue weighted by Gasteiger charge is 2.31. The van der Waals surface area contributed by atoms with E-state index >= 15 is 0 Å². The number of nitrogens with zero attached hydrogens (tertiary/aromatic N) is 4. The first kappa shape index (κ1) is 23.4. The van der Waals surface area contributed by atoms with Crippen LogP contribution in [-0.4, -0.2) is 41.9 Å². The molecule has 10 heteroatoms. The fourth-order valence-electron chi connectivity index (χ4n) is 4.07. The third kappa shape index (κ3) is 4.27. The van der Waals surface area contributed by atoms with E-state index in [1.807, 2.05) is 12.1 Å². The van der Waals surface area contributed by atoms with Gasteiger partial charge in [-0.2, -0.15) is 0 Å². The second kappa shape index (κ2) is 9.74. The lowest BCUT2D eigenvalue weighted by Gasteiger charge is -2.21. The molecular weight excluding hydrogens is 480 g/mol. The van der Waals surface area contributed by atoms with Crippen molar-refractivity contribution in [2.45, 2.75) is 19.4 Å². The molecule has 36 heavy (non-hydrogen) atoms. The summed E-state index contributed by atoms with van der Waals surface area (Å²) in [5.41, 5.74) is 1.94. The minimum atomic E-state index is -0.349. The number of carbonyl (C=O) groups is 3. The van der Waals surface area contributed by atoms with Crippen molar-refractivity contribution < 1.29 is 23.9 Å². The zero-order valence-corrected chi connectivity index (χ0v) is 20.4. The van der Waals surface area contributed by atoms with Gasteiger partial charge in [0.05, 0.1) is 32.1 Å². The van der Waals surface area contributed by atoms with Gasteiger partial charge < -0.3 is 9.47 Å². The molecule has 182 valence electrons. The van der Waals surface area contributed by atoms with Crippen molar-refractivity contribution in [3.8, 4) is 11.5 Å². The summed E-state index contributed by atoms with van der Waals surface area (Å²) in [5.74, 6) is 0.277. The highest BCUT2D eigenvalue weighted by Crippen LogP contribution is 2.40. The topological polar surface area (TPSA) is 102 Å². The minimum Gasteiger partial charge on any atom is -0.495 e. The van der Waals surface area contributed by atoms with E-state index in [9.17, 15) is 14.4 Å². The summed E-state index contributed by atoms with van der Waals surface area (Å²) in [4.78, 5) is 50.2. The minimum absolute atomic E-state index is 0.163. The molecule has 0 spiro atoms. The maximum absolute atomic E-state index is 13.9. The number of hydrogen-bond acceptors (Lipinski definition) is 8. The Kier molecular flexibility index (Phi) is 6.34. The Morgan fingerprint density at radius 3 is 2.44 bits per heavy atom. The molecule has 0 unspecified atom stereocenters. The Morgan fingerprint density at radius 1 is 1.00 bits per heavy atom. The number of pyridine rings is 1. The average Bonchev–Trinajstić information content (AvgIpc) is 3.50. The van der Waals surface area contributed by atoms with Gasteiger partial charge in [0.25, 0.3) is 5.91 Å². The number of ether oxygens (including phenoxy) is 2. The standard InChI is InChI=1S/C26H22N4O5S/c1-34-19-9-10-20(35-2)24-23(19)28-26(36-24)29(15-17-7-3-4-13-27-17)25(33)16-6-5-8-18(14-16)30-21(31)11-12-22(30)32/h3-10,13-14H,11-12,15H2,1-2H3. The highest BCUT2D eigenvalue weighted by molar-refractivity contribution is 7.22. The molecule has 1 aliphatic heterocycles. The van der Waals surface area contributed by atoms with Crippen LogP contribution in [0.2, 0.25) is 0 Å². The molecule has 2 aromatic carbocycles. The lowest BCUT2D eigenvalue weighted by atomic mass is 10.1. The first-order chi connectivity index (χ1) is 17.5. The zero-order chi connectivity index (χ0) is 25.2. The van der Waals surface area contributed by atoms with Crippen LogP contribution in [0.5, 0.6) is 11.5 Å². The number of thiazole rings is 1. The van der Waals surface area contributed by atoms with Crippen molar-refractivity contribution >= 4 is 50.1 Å². The normalized spacial score (nSPS) is 13.3. The lowest BCUT2D eigenvalue weighted by molar-refractivity contribution is -0.121. The van der Waals surface area contributed by atoms with E-state index in [1.165, 1.54) is 16.2 Å². The van der Waals surface area contributed by atoms with Crippen molar-refractivity contribution in [1.29, 1.82) is 0 Å². The first-order valence-corrected chi connectivity index (χ1v) is 12.0. The fourth-order valence-corrected chi connectivity index (χ4v) is 5.14. The van der Waals surface area contributed by atoms with E-state index in [4.69, 9.17) is 14.5 Å². The monoisotopic (exact) mass is 502 g/mol. The molecular formula is C26H22N4O5S. The number of fused-ring (bicyclic) bond motifs is 1. The number of rotatable bonds is 7. The van der Waals surface area contributed by atoms with Crippen LogP contribution in [0.25, 0.3) is 10.2 Å². The van der Waals surface area contributed by atoms with Crippen LogP contribution >= 0.6 is 11.3 Å². The summed E-state index contributed by atoms with van der Waals surface area (Å²) >= 11 is 1.30. The third-order valence-corrected chi connectivity index (χ3v) is 6.92. The summed E-state index contributed by atoms with van der Waals surface area (Å²) < 4.78 is 11.7. The van der Waals surface area contributed by atoms with Gasteiger partial charge in [0.15, 0.2) is 5.13 Å². The molecule has 3 amide bonds. The van der Waals surface area contributed by atoms with E-state index < -0.39 is 0 Å². The smallest absolute Gasteiger partial charge is 0.260 e. The Labute approximate surface area is 210 Å². The largest absolute Gasteiger partial charge is 0.495 e. The molecule has 5 rings (SSSR count). The molecule has 0 saturated carbocycles. The number of methoxy groups -OCH3 is 2. The number of carbonyl (C=O) groups excluding carboxylic acids is 3. The number of anilines is 2. The quantitative estimate of drug-likeness (QED) is 0.349. The number of imide groups is 1. The van der Waals surface area contributed by atoms with Crippen LogP contribution in [0, 0.1) is 0 Å². The van der Waals surface area contributed by atoms with Gasteiger partial charge in [0, 0.05) is 24.6 Å². The SMILES string of the molecule is COc1ccc(OC)c2sc(N(Cc3ccccn3)C(=O)c3cccc(N4C(=O)CCC4=O)c3)nc12. The first-order valence-electron chi connectivity index (χ1n) is 11.2. The molecule has 3 heterocycles. The fraction of sp³-hybridized carbons (Fsp3) is 0.192. The molecule has 0 bridgehead atoms. The van der Waals surface area contributed by atoms with E-state index in [1.54, 1.807) is 62.9 Å². The second-order valence-corrected chi connectivity index (χ2v) is 9.01. The highest BCUT2D eigenvalue weighted by atomic mass is 32.1. The van der Waals surface area contributed by atoms with Crippen molar-refractivity contribution in [3.63, 3.8) is 0 Å². The van der Waals surface area contributed by atoms with Gasteiger partial charge in [-0.15, -0.1) is 0 Å². The molecule has 4 aromatic rings. The van der Waals surface area contributed by atoms with Gasteiger partial charge in [-0.1, -0.05) is 23.5 Å². The van der Waals surface area contributed by atoms with Gasteiger partial charge in [-0.25, -0.2) is 4.98 Å². The van der Waals surface area contributed by atoms with Crippen LogP contribution in [0.1, 0.15) is 28.9 Å². The Bertz CT molecular complexity index is 1410. The molecule has 1 saturated heterocycles. The summed E-state index contributed by atoms with van der Waals surface area (Å²) in [5, 5.41) is 0.433. The Balaban J connectivity index is 1.59. The third-order valence-electron chi connectivity index (χ3n) is 5.82. The molecule has 1 fully saturated rings. The van der Waals surface area contributed by atoms with Gasteiger partial charge >= 0.3 is 0 Å². The number of hydrogen-bond donors (Lipinski definition) is 0. The number of benzene rings is 2. The van der Waals surface area contributed by atoms with E-state index in [0.29, 0.717) is 39.1 Å². The molecule has 0 aliphatic carbocycles. The maximum Gasteiger partial charge on any atom is 0.260 e. The van der Waals surface area contributed by atoms with Crippen LogP contribution in [0.15, 0.2) is 60.8 Å². The zero-order valence-electron chi connectivity index (χ0n) is 19.6. The van der Waals surface area contributed by atoms with E-state index in [2.05, 4.69) is 4.98 Å². The predicted octanol–water partition coefficient (Wildman–Crippen LogP) is 4.21. The molecule has 0 radical (unpaired) electrons. The van der Waals surface area contributed by atoms with Gasteiger partial charge in [0.1, 0.15) is 21.7 Å². The van der Waals surface area contributed by atoms with Crippen LogP contribution < -0.4 is 19.3 Å². The number of amides is 3. The molecule has 0 atom stereocenters. The van der Waals surface area contributed by atoms with Crippen LogP contribution in [0.3, 0.4) is 0 Å². The predicted molar refractivity (Wildman–Crippen MR) is 136 cm³/mol. The van der Waals surface area contributed by atoms with Crippen molar-refractivity contribution in [2.24, 2.45) is 0 Å². The number of aromatic nitrogens is 2. The molecule has 1 aliphatic rings. The van der Waals surface area contributed by atoms with E-state index in [-0.39, 0.29) is 37.1 Å². The summed E-state index contributed by atoms with van der Waals surface area (Å²) in [6.45, 7) is 0.163. The van der Waals surface area contributed by atoms with Gasteiger partial charge in [-0.3, -0.25) is 29.2 Å². The maximum atomic E-state index is 13.9. The van der Waals surface area contributed by atoms with Crippen molar-refractivity contribution in [2.75, 3.05) is 24.0 Å². The summed E-state index contributed by atoms with van der Waals surface area (Å²) in [6.07, 6.45) is 1.99. The summed E-state index contributed by atoms with van der Waals surface area (Å²) in [7, 11) is 3.13. The molecule has 9 nitrogen and oxygen atoms in total. The molecule has 2 aromatic heterocycles. The summed E-state index contributed by atoms with van der Waals surface area (Å²) in [6, 6.07) is 15.5.